The van der Waals surface area contributed by atoms with Gasteiger partial charge in [-0.1, -0.05) is 6.92 Å². The van der Waals surface area contributed by atoms with Gasteiger partial charge in [0, 0.05) is 48.1 Å². The molecule has 1 fully saturated rings. The molecule has 0 amide bonds. The van der Waals surface area contributed by atoms with E-state index < -0.39 is 0 Å². The van der Waals surface area contributed by atoms with E-state index in [2.05, 4.69) is 16.8 Å². The maximum Gasteiger partial charge on any atom is 0.187 e. The number of aliphatic hydroxyl groups is 1. The van der Waals surface area contributed by atoms with Crippen molar-refractivity contribution in [2.45, 2.75) is 46.6 Å². The van der Waals surface area contributed by atoms with E-state index in [1.165, 1.54) is 0 Å². The molecule has 1 aromatic rings. The van der Waals surface area contributed by atoms with E-state index in [9.17, 15) is 9.90 Å². The molecule has 1 aromatic heterocycles. The van der Waals surface area contributed by atoms with Gasteiger partial charge >= 0.3 is 0 Å². The zero-order valence-electron chi connectivity index (χ0n) is 12.8. The number of aliphatic hydroxyl groups excluding tert-OH is 1. The number of aromatic nitrogens is 1. The highest BCUT2D eigenvalue weighted by Crippen LogP contribution is 2.33. The van der Waals surface area contributed by atoms with Crippen LogP contribution in [0, 0.1) is 19.3 Å². The summed E-state index contributed by atoms with van der Waals surface area (Å²) in [6.07, 6.45) is 5.01. The number of nitrogens with one attached hydrogen (secondary N) is 1. The van der Waals surface area contributed by atoms with Crippen LogP contribution in [0.4, 0.5) is 0 Å². The van der Waals surface area contributed by atoms with E-state index in [0.29, 0.717) is 0 Å². The van der Waals surface area contributed by atoms with Crippen LogP contribution in [0.15, 0.2) is 11.0 Å². The van der Waals surface area contributed by atoms with Crippen LogP contribution in [-0.2, 0) is 6.54 Å². The Kier molecular flexibility index (Phi) is 4.66. The van der Waals surface area contributed by atoms with E-state index in [1.807, 2.05) is 13.8 Å². The number of rotatable bonds is 4. The number of aromatic amines is 1. The molecule has 4 nitrogen and oxygen atoms in total. The van der Waals surface area contributed by atoms with Crippen molar-refractivity contribution >= 4 is 0 Å². The van der Waals surface area contributed by atoms with Gasteiger partial charge in [-0.05, 0) is 39.7 Å². The summed E-state index contributed by atoms with van der Waals surface area (Å²) < 4.78 is 0. The van der Waals surface area contributed by atoms with E-state index in [4.69, 9.17) is 0 Å². The third-order valence-electron chi connectivity index (χ3n) is 4.82. The van der Waals surface area contributed by atoms with Crippen molar-refractivity contribution in [2.75, 3.05) is 19.7 Å². The minimum Gasteiger partial charge on any atom is -0.396 e. The maximum absolute atomic E-state index is 12.0. The highest BCUT2D eigenvalue weighted by molar-refractivity contribution is 5.23. The van der Waals surface area contributed by atoms with Crippen LogP contribution in [-0.4, -0.2) is 34.7 Å². The molecule has 0 saturated carbocycles. The Morgan fingerprint density at radius 3 is 2.85 bits per heavy atom. The molecule has 0 bridgehead atoms. The van der Waals surface area contributed by atoms with E-state index in [-0.39, 0.29) is 17.5 Å². The standard InChI is InChI=1S/C16H26N2O2/c1-4-16(11-19)6-5-7-18(10-16)9-14-13(3)15(20)12(2)8-17-14/h8,19H,4-7,9-11H2,1-3H3,(H,17,20)/t16-/m1/s1. The lowest BCUT2D eigenvalue weighted by molar-refractivity contribution is 0.0252. The first kappa shape index (κ1) is 15.3. The lowest BCUT2D eigenvalue weighted by atomic mass is 9.78. The number of piperidine rings is 1. The molecule has 0 unspecified atom stereocenters. The molecule has 1 atom stereocenters. The van der Waals surface area contributed by atoms with Gasteiger partial charge in [0.05, 0.1) is 0 Å². The fourth-order valence-electron chi connectivity index (χ4n) is 3.16. The molecule has 1 aliphatic rings. The fraction of sp³-hybridized carbons (Fsp3) is 0.688. The first-order chi connectivity index (χ1) is 9.51. The zero-order chi connectivity index (χ0) is 14.8. The van der Waals surface area contributed by atoms with E-state index >= 15 is 0 Å². The summed E-state index contributed by atoms with van der Waals surface area (Å²) >= 11 is 0. The number of likely N-dealkylation sites (tertiary alicyclic amines) is 1. The Balaban J connectivity index is 2.14. The second kappa shape index (κ2) is 6.10. The van der Waals surface area contributed by atoms with Crippen LogP contribution in [0.3, 0.4) is 0 Å². The predicted octanol–water partition coefficient (Wildman–Crippen LogP) is 1.98. The number of aryl methyl sites for hydroxylation is 1. The van der Waals surface area contributed by atoms with Gasteiger partial charge in [-0.15, -0.1) is 0 Å². The largest absolute Gasteiger partial charge is 0.396 e. The smallest absolute Gasteiger partial charge is 0.187 e. The average molecular weight is 278 g/mol. The van der Waals surface area contributed by atoms with Gasteiger partial charge < -0.3 is 10.1 Å². The molecule has 0 aliphatic carbocycles. The highest BCUT2D eigenvalue weighted by Gasteiger charge is 2.33. The lowest BCUT2D eigenvalue weighted by Crippen LogP contribution is -2.44. The van der Waals surface area contributed by atoms with Gasteiger partial charge in [-0.3, -0.25) is 9.69 Å². The Labute approximate surface area is 120 Å². The molecule has 2 heterocycles. The van der Waals surface area contributed by atoms with Gasteiger partial charge in [0.2, 0.25) is 0 Å². The van der Waals surface area contributed by atoms with Gasteiger partial charge in [-0.25, -0.2) is 0 Å². The quantitative estimate of drug-likeness (QED) is 0.885. The summed E-state index contributed by atoms with van der Waals surface area (Å²) in [5.74, 6) is 0. The summed E-state index contributed by atoms with van der Waals surface area (Å²) in [4.78, 5) is 17.6. The van der Waals surface area contributed by atoms with Crippen LogP contribution >= 0.6 is 0 Å². The normalized spacial score (nSPS) is 24.0. The third-order valence-corrected chi connectivity index (χ3v) is 4.82. The number of nitrogens with zero attached hydrogens (tertiary/aromatic N) is 1. The second-order valence-electron chi connectivity index (χ2n) is 6.23. The van der Waals surface area contributed by atoms with Crippen LogP contribution in [0.25, 0.3) is 0 Å². The first-order valence-electron chi connectivity index (χ1n) is 7.52. The molecule has 2 rings (SSSR count). The number of pyridine rings is 1. The van der Waals surface area contributed by atoms with Crippen LogP contribution in [0.5, 0.6) is 0 Å². The molecule has 1 aliphatic heterocycles. The highest BCUT2D eigenvalue weighted by atomic mass is 16.3. The van der Waals surface area contributed by atoms with Crippen molar-refractivity contribution in [2.24, 2.45) is 5.41 Å². The van der Waals surface area contributed by atoms with Crippen LogP contribution in [0.2, 0.25) is 0 Å². The minimum absolute atomic E-state index is 0.0388. The van der Waals surface area contributed by atoms with E-state index in [1.54, 1.807) is 6.20 Å². The molecule has 20 heavy (non-hydrogen) atoms. The van der Waals surface area contributed by atoms with Crippen molar-refractivity contribution in [3.8, 4) is 0 Å². The van der Waals surface area contributed by atoms with Gasteiger partial charge in [0.25, 0.3) is 0 Å². The molecule has 2 N–H and O–H groups in total. The molecule has 0 spiro atoms. The molecular weight excluding hydrogens is 252 g/mol. The molecule has 112 valence electrons. The molecular formula is C16H26N2O2. The molecule has 1 saturated heterocycles. The Hall–Kier alpha value is -1.13. The summed E-state index contributed by atoms with van der Waals surface area (Å²) in [6.45, 7) is 8.85. The number of hydrogen-bond acceptors (Lipinski definition) is 3. The van der Waals surface area contributed by atoms with Crippen molar-refractivity contribution in [1.82, 2.24) is 9.88 Å². The fourth-order valence-corrected chi connectivity index (χ4v) is 3.16. The molecule has 0 radical (unpaired) electrons. The molecule has 0 aromatic carbocycles. The zero-order valence-corrected chi connectivity index (χ0v) is 12.8. The van der Waals surface area contributed by atoms with Crippen molar-refractivity contribution in [3.05, 3.63) is 33.2 Å². The number of hydrogen-bond donors (Lipinski definition) is 2. The van der Waals surface area contributed by atoms with Crippen molar-refractivity contribution in [3.63, 3.8) is 0 Å². The number of H-pyrrole nitrogens is 1. The topological polar surface area (TPSA) is 56.3 Å². The van der Waals surface area contributed by atoms with Crippen molar-refractivity contribution < 1.29 is 5.11 Å². The monoisotopic (exact) mass is 278 g/mol. The first-order valence-corrected chi connectivity index (χ1v) is 7.52. The molecule has 4 heteroatoms. The predicted molar refractivity (Wildman–Crippen MR) is 80.9 cm³/mol. The SMILES string of the molecule is CC[C@@]1(CO)CCCN(Cc2[nH]cc(C)c(=O)c2C)C1. The summed E-state index contributed by atoms with van der Waals surface area (Å²) in [5.41, 5.74) is 2.77. The summed E-state index contributed by atoms with van der Waals surface area (Å²) in [5, 5.41) is 9.68. The van der Waals surface area contributed by atoms with E-state index in [0.717, 1.165) is 55.7 Å². The second-order valence-corrected chi connectivity index (χ2v) is 6.23. The van der Waals surface area contributed by atoms with Gasteiger partial charge in [0.1, 0.15) is 0 Å². The van der Waals surface area contributed by atoms with Crippen LogP contribution in [0.1, 0.15) is 43.0 Å². The lowest BCUT2D eigenvalue weighted by Gasteiger charge is -2.41. The van der Waals surface area contributed by atoms with Crippen molar-refractivity contribution in [1.29, 1.82) is 0 Å². The van der Waals surface area contributed by atoms with Gasteiger partial charge in [0.15, 0.2) is 5.43 Å². The average Bonchev–Trinajstić information content (AvgIpc) is 2.48. The summed E-state index contributed by atoms with van der Waals surface area (Å²) in [7, 11) is 0. The Morgan fingerprint density at radius 1 is 1.45 bits per heavy atom. The third kappa shape index (κ3) is 2.96. The Bertz CT molecular complexity index is 518. The summed E-state index contributed by atoms with van der Waals surface area (Å²) in [6, 6.07) is 0. The Morgan fingerprint density at radius 2 is 2.20 bits per heavy atom. The minimum atomic E-state index is 0.0388. The van der Waals surface area contributed by atoms with Gasteiger partial charge in [-0.2, -0.15) is 0 Å². The maximum atomic E-state index is 12.0. The van der Waals surface area contributed by atoms with Crippen LogP contribution < -0.4 is 5.43 Å².